The fourth-order valence-electron chi connectivity index (χ4n) is 5.99. The molecule has 19 nitrogen and oxygen atoms in total. The van der Waals surface area contributed by atoms with Gasteiger partial charge in [0.25, 0.3) is 11.1 Å². The van der Waals surface area contributed by atoms with Crippen molar-refractivity contribution in [2.24, 2.45) is 0 Å². The van der Waals surface area contributed by atoms with Crippen molar-refractivity contribution in [3.8, 4) is 11.5 Å². The van der Waals surface area contributed by atoms with E-state index in [1.807, 2.05) is 20.8 Å². The number of benzene rings is 4. The van der Waals surface area contributed by atoms with Gasteiger partial charge in [-0.25, -0.2) is 48.9 Å². The van der Waals surface area contributed by atoms with Crippen LogP contribution >= 0.6 is 86.0 Å². The molecule has 0 saturated heterocycles. The third kappa shape index (κ3) is 20.8. The molecule has 0 bridgehead atoms. The van der Waals surface area contributed by atoms with Crippen LogP contribution in [-0.4, -0.2) is 91.4 Å². The number of ether oxygens (including phenoxy) is 2. The number of H-pyrrole nitrogens is 2. The van der Waals surface area contributed by atoms with Gasteiger partial charge in [0.05, 0.1) is 27.3 Å². The van der Waals surface area contributed by atoms with E-state index in [0.29, 0.717) is 44.1 Å². The Labute approximate surface area is 499 Å². The maximum Gasteiger partial charge on any atom is 0.312 e. The van der Waals surface area contributed by atoms with E-state index >= 15 is 0 Å². The number of alkyl halides is 1. The number of nitrogens with one attached hydrogen (secondary N) is 3. The molecule has 8 rings (SSSR count). The van der Waals surface area contributed by atoms with Gasteiger partial charge in [0.15, 0.2) is 79.3 Å². The molecule has 0 aliphatic carbocycles. The third-order valence-electron chi connectivity index (χ3n) is 9.59. The highest BCUT2D eigenvalue weighted by atomic mass is 79.9. The molecular weight excluding hydrogens is 1310 g/mol. The predicted octanol–water partition coefficient (Wildman–Crippen LogP) is 10.9. The Morgan fingerprint density at radius 3 is 1.48 bits per heavy atom. The van der Waals surface area contributed by atoms with Gasteiger partial charge in [-0.05, 0) is 88.9 Å². The van der Waals surface area contributed by atoms with Gasteiger partial charge < -0.3 is 14.8 Å². The van der Waals surface area contributed by atoms with Crippen LogP contribution in [0.15, 0.2) is 89.4 Å². The molecule has 4 heterocycles. The van der Waals surface area contributed by atoms with E-state index in [9.17, 15) is 58.7 Å². The number of methoxy groups -OCH3 is 2. The van der Waals surface area contributed by atoms with Crippen LogP contribution in [0.4, 0.5) is 51.1 Å². The predicted molar refractivity (Wildman–Crippen MR) is 299 cm³/mol. The first kappa shape index (κ1) is 68.8. The zero-order chi connectivity index (χ0) is 61.7. The van der Waals surface area contributed by atoms with Gasteiger partial charge in [-0.3, -0.25) is 29.1 Å². The van der Waals surface area contributed by atoms with Gasteiger partial charge in [0, 0.05) is 17.1 Å². The van der Waals surface area contributed by atoms with Crippen molar-refractivity contribution >= 4 is 97.7 Å². The van der Waals surface area contributed by atoms with E-state index in [2.05, 4.69) is 71.8 Å². The van der Waals surface area contributed by atoms with Crippen molar-refractivity contribution in [2.75, 3.05) is 36.8 Å². The Kier molecular flexibility index (Phi) is 27.8. The Bertz CT molecular complexity index is 3720. The van der Waals surface area contributed by atoms with E-state index in [0.717, 1.165) is 64.3 Å². The first-order valence-electron chi connectivity index (χ1n) is 23.0. The second-order valence-electron chi connectivity index (χ2n) is 15.4. The van der Waals surface area contributed by atoms with E-state index in [4.69, 9.17) is 44.3 Å². The number of thioether (sulfide) groups is 3. The first-order chi connectivity index (χ1) is 39.4. The molecule has 0 unspecified atom stereocenters. The largest absolute Gasteiger partial charge is 0.493 e. The minimum absolute atomic E-state index is 0.0486. The normalized spacial score (nSPS) is 10.5. The van der Waals surface area contributed by atoms with E-state index in [1.54, 1.807) is 19.1 Å². The molecular formula is C48H42BrCl3F9N13O6S3. The van der Waals surface area contributed by atoms with Crippen molar-refractivity contribution in [1.82, 2.24) is 59.9 Å². The van der Waals surface area contributed by atoms with Crippen molar-refractivity contribution < 1.29 is 49.0 Å². The van der Waals surface area contributed by atoms with Crippen molar-refractivity contribution in [3.63, 3.8) is 0 Å². The minimum atomic E-state index is -1.58. The lowest BCUT2D eigenvalue weighted by atomic mass is 10.1. The number of anilines is 2. The molecule has 0 fully saturated rings. The van der Waals surface area contributed by atoms with Gasteiger partial charge >= 0.3 is 11.1 Å². The number of halogens is 13. The summed E-state index contributed by atoms with van der Waals surface area (Å²) in [6.07, 6.45) is 1.15. The fourth-order valence-corrected chi connectivity index (χ4v) is 8.42. The second-order valence-corrected chi connectivity index (χ2v) is 20.8. The number of aromatic nitrogens is 12. The first-order valence-corrected chi connectivity index (χ1v) is 28.3. The molecule has 0 atom stereocenters. The second kappa shape index (κ2) is 33.5. The number of aromatic amines is 2. The van der Waals surface area contributed by atoms with Gasteiger partial charge in [-0.1, -0.05) is 107 Å². The summed E-state index contributed by atoms with van der Waals surface area (Å²) in [5, 5.41) is 25.7. The molecule has 83 heavy (non-hydrogen) atoms. The fraction of sp³-hybridized carbons (Fsp3) is 0.250. The average molecular weight is 1350 g/mol. The number of nitrogens with zero attached hydrogens (tertiary/aromatic N) is 10. The van der Waals surface area contributed by atoms with Crippen LogP contribution in [-0.2, 0) is 18.4 Å². The van der Waals surface area contributed by atoms with Crippen LogP contribution in [0.2, 0.25) is 15.5 Å². The van der Waals surface area contributed by atoms with Crippen LogP contribution in [0.3, 0.4) is 0 Å². The highest BCUT2D eigenvalue weighted by Gasteiger charge is 2.18. The average Bonchev–Trinajstić information content (AvgIpc) is 3.63. The van der Waals surface area contributed by atoms with Crippen LogP contribution in [0, 0.1) is 59.3 Å². The Hall–Kier alpha value is -6.71. The lowest BCUT2D eigenvalue weighted by molar-refractivity contribution is 0.355. The third-order valence-corrected chi connectivity index (χ3v) is 13.3. The van der Waals surface area contributed by atoms with Crippen molar-refractivity contribution in [2.45, 2.75) is 61.6 Å². The summed E-state index contributed by atoms with van der Waals surface area (Å²) in [4.78, 5) is 57.3. The van der Waals surface area contributed by atoms with E-state index in [-0.39, 0.29) is 51.2 Å². The summed E-state index contributed by atoms with van der Waals surface area (Å²) in [5.41, 5.74) is -0.280. The SMILES string of the molecule is CCSc1nc(=O)c(Cl)nn1Cc1cc(F)c(F)c(F)c1.CCSc1nnc(Cl)c(=O)[nH]1.CCSc1nncc(=O)[nH]1.COc1cc(C)c(Nc2nc(=O)c(Cl)nn2Cc2cc(F)c(F)c(F)c2)cc1OC.Fc1cc(CBr)cc(F)c1F. The summed E-state index contributed by atoms with van der Waals surface area (Å²) in [5.74, 6) is -8.94. The van der Waals surface area contributed by atoms with E-state index < -0.39 is 74.2 Å². The summed E-state index contributed by atoms with van der Waals surface area (Å²) < 4.78 is 130. The van der Waals surface area contributed by atoms with Crippen molar-refractivity contribution in [1.29, 1.82) is 0 Å². The molecule has 8 aromatic rings. The molecule has 0 spiro atoms. The molecule has 0 aliphatic rings. The monoisotopic (exact) mass is 1350 g/mol. The smallest absolute Gasteiger partial charge is 0.312 e. The number of aryl methyl sites for hydroxylation is 1. The van der Waals surface area contributed by atoms with Crippen LogP contribution in [0.25, 0.3) is 0 Å². The van der Waals surface area contributed by atoms with Gasteiger partial charge in [-0.2, -0.15) is 25.3 Å². The lowest BCUT2D eigenvalue weighted by Gasteiger charge is -2.16. The standard InChI is InChI=1S/C19H16ClF3N4O3.C12H9ClF3N3OS.C7H4BrF3.C5H6ClN3OS.C5H7N3OS/c1-9-4-14(29-2)15(30-3)7-13(9)24-19-25-18(28)17(20)26-27(19)8-10-5-11(21)16(23)12(22)6-10;1-2-21-12-17-11(20)10(13)18-19(12)5-6-3-7(14)9(16)8(15)4-6;8-3-4-1-5(9)7(11)6(10)2-4;1-2-11-5-7-4(10)3(6)8-9-5;1-2-10-5-7-4(9)3-6-8-5/h4-7H,8H2,1-3H3,(H,24,25,28);3-4H,2,5H2,1H3;1-2H,3H2;2H2,1H3,(H,7,9,10);3H,2H2,1H3,(H,7,8,9). The minimum Gasteiger partial charge on any atom is -0.493 e. The number of hydrogen-bond donors (Lipinski definition) is 3. The molecule has 0 saturated carbocycles. The Morgan fingerprint density at radius 1 is 0.578 bits per heavy atom. The van der Waals surface area contributed by atoms with Crippen molar-refractivity contribution in [3.05, 3.63) is 186 Å². The quantitative estimate of drug-likeness (QED) is 0.0374. The van der Waals surface area contributed by atoms with Crippen LogP contribution in [0.1, 0.15) is 43.0 Å². The molecule has 4 aromatic carbocycles. The highest BCUT2D eigenvalue weighted by molar-refractivity contribution is 9.08. The molecule has 444 valence electrons. The maximum absolute atomic E-state index is 13.6. The maximum atomic E-state index is 13.6. The van der Waals surface area contributed by atoms with Crippen LogP contribution in [0.5, 0.6) is 11.5 Å². The molecule has 3 N–H and O–H groups in total. The number of hydrogen-bond acceptors (Lipinski definition) is 18. The molecule has 4 aromatic heterocycles. The van der Waals surface area contributed by atoms with E-state index in [1.165, 1.54) is 54.2 Å². The molecule has 0 aliphatic heterocycles. The highest BCUT2D eigenvalue weighted by Crippen LogP contribution is 2.34. The molecule has 0 radical (unpaired) electrons. The summed E-state index contributed by atoms with van der Waals surface area (Å²) in [6, 6.07) is 8.57. The Balaban J connectivity index is 0.000000241. The topological polar surface area (TPSA) is 243 Å². The molecule has 35 heteroatoms. The zero-order valence-electron chi connectivity index (χ0n) is 43.5. The summed E-state index contributed by atoms with van der Waals surface area (Å²) in [6.45, 7) is 7.23. The lowest BCUT2D eigenvalue weighted by Crippen LogP contribution is -2.21. The zero-order valence-corrected chi connectivity index (χ0v) is 49.8. The Morgan fingerprint density at radius 2 is 1.02 bits per heavy atom. The van der Waals surface area contributed by atoms with Crippen LogP contribution < -0.4 is 37.0 Å². The summed E-state index contributed by atoms with van der Waals surface area (Å²) in [7, 11) is 2.96. The van der Waals surface area contributed by atoms with Gasteiger partial charge in [0.1, 0.15) is 6.20 Å². The molecule has 0 amide bonds. The summed E-state index contributed by atoms with van der Waals surface area (Å²) >= 11 is 23.8. The van der Waals surface area contributed by atoms with Gasteiger partial charge in [0.2, 0.25) is 21.4 Å². The van der Waals surface area contributed by atoms with Gasteiger partial charge in [-0.15, -0.1) is 15.3 Å². The number of rotatable bonds is 15.